The van der Waals surface area contributed by atoms with E-state index in [1.54, 1.807) is 0 Å². The van der Waals surface area contributed by atoms with Crippen molar-refractivity contribution in [1.82, 2.24) is 4.31 Å². The third-order valence-electron chi connectivity index (χ3n) is 5.23. The van der Waals surface area contributed by atoms with E-state index in [-0.39, 0.29) is 31.5 Å². The highest BCUT2D eigenvalue weighted by Crippen LogP contribution is 2.36. The van der Waals surface area contributed by atoms with Gasteiger partial charge in [0.2, 0.25) is 10.0 Å². The van der Waals surface area contributed by atoms with Gasteiger partial charge in [0.15, 0.2) is 0 Å². The highest BCUT2D eigenvalue weighted by atomic mass is 32.2. The van der Waals surface area contributed by atoms with Gasteiger partial charge in [-0.1, -0.05) is 84.0 Å². The monoisotopic (exact) mass is 417 g/mol. The van der Waals surface area contributed by atoms with E-state index < -0.39 is 10.0 Å². The normalized spacial score (nSPS) is 12.5. The van der Waals surface area contributed by atoms with Gasteiger partial charge in [-0.2, -0.15) is 4.31 Å². The molecule has 29 heavy (non-hydrogen) atoms. The molecule has 0 bridgehead atoms. The van der Waals surface area contributed by atoms with Gasteiger partial charge in [-0.15, -0.1) is 0 Å². The largest absolute Gasteiger partial charge is 0.395 e. The summed E-state index contributed by atoms with van der Waals surface area (Å²) in [6.07, 6.45) is 0. The molecule has 2 aromatic carbocycles. The lowest BCUT2D eigenvalue weighted by molar-refractivity contribution is 0.251. The first-order valence-electron chi connectivity index (χ1n) is 10.4. The number of hydrogen-bond acceptors (Lipinski definition) is 3. The second-order valence-electron chi connectivity index (χ2n) is 8.54. The molecule has 0 heterocycles. The van der Waals surface area contributed by atoms with Crippen LogP contribution in [0.5, 0.6) is 0 Å². The molecule has 0 amide bonds. The van der Waals surface area contributed by atoms with Gasteiger partial charge < -0.3 is 5.11 Å². The predicted molar refractivity (Wildman–Crippen MR) is 120 cm³/mol. The van der Waals surface area contributed by atoms with Crippen LogP contribution in [0.1, 0.15) is 81.5 Å². The van der Waals surface area contributed by atoms with Crippen molar-refractivity contribution >= 4 is 10.0 Å². The van der Waals surface area contributed by atoms with Gasteiger partial charge in [-0.3, -0.25) is 0 Å². The van der Waals surface area contributed by atoms with E-state index in [0.717, 1.165) is 22.3 Å². The number of benzene rings is 2. The van der Waals surface area contributed by atoms with Crippen LogP contribution in [0, 0.1) is 0 Å². The van der Waals surface area contributed by atoms with Crippen LogP contribution in [0.2, 0.25) is 0 Å². The van der Waals surface area contributed by atoms with Crippen molar-refractivity contribution in [2.75, 3.05) is 13.2 Å². The second kappa shape index (κ2) is 9.88. The third kappa shape index (κ3) is 5.47. The zero-order chi connectivity index (χ0) is 21.8. The van der Waals surface area contributed by atoms with E-state index in [9.17, 15) is 13.5 Å². The van der Waals surface area contributed by atoms with Crippen LogP contribution in [0.3, 0.4) is 0 Å². The maximum Gasteiger partial charge on any atom is 0.244 e. The molecule has 0 aliphatic heterocycles. The van der Waals surface area contributed by atoms with Gasteiger partial charge in [0.1, 0.15) is 0 Å². The average Bonchev–Trinajstić information content (AvgIpc) is 2.67. The summed E-state index contributed by atoms with van der Waals surface area (Å²) in [5, 5.41) is 9.59. The molecule has 2 aromatic rings. The zero-order valence-corrected chi connectivity index (χ0v) is 19.3. The van der Waals surface area contributed by atoms with Gasteiger partial charge in [0.05, 0.1) is 11.5 Å². The molecule has 4 nitrogen and oxygen atoms in total. The maximum atomic E-state index is 13.9. The van der Waals surface area contributed by atoms with Crippen LogP contribution in [0.15, 0.2) is 47.4 Å². The van der Waals surface area contributed by atoms with Crippen LogP contribution in [-0.4, -0.2) is 31.0 Å². The van der Waals surface area contributed by atoms with E-state index >= 15 is 0 Å². The maximum absolute atomic E-state index is 13.9. The minimum Gasteiger partial charge on any atom is -0.395 e. The van der Waals surface area contributed by atoms with Gasteiger partial charge in [-0.25, -0.2) is 8.42 Å². The fourth-order valence-corrected chi connectivity index (χ4v) is 5.58. The summed E-state index contributed by atoms with van der Waals surface area (Å²) in [6.45, 7) is 12.5. The fourth-order valence-electron chi connectivity index (χ4n) is 3.50. The Kier molecular flexibility index (Phi) is 8.03. The van der Waals surface area contributed by atoms with Gasteiger partial charge >= 0.3 is 0 Å². The van der Waals surface area contributed by atoms with Crippen molar-refractivity contribution < 1.29 is 13.5 Å². The zero-order valence-electron chi connectivity index (χ0n) is 18.5. The van der Waals surface area contributed by atoms with Crippen molar-refractivity contribution in [3.05, 3.63) is 64.7 Å². The van der Waals surface area contributed by atoms with Gasteiger partial charge in [0, 0.05) is 13.1 Å². The lowest BCUT2D eigenvalue weighted by Gasteiger charge is -2.28. The SMILES string of the molecule is CC(C)c1cc(C(C)C)c(S(=O)(=O)N(CCO)Cc2ccccc2)c(C(C)C)c1. The standard InChI is InChI=1S/C24H35NO3S/c1-17(2)21-14-22(18(3)4)24(23(15-21)19(5)6)29(27,28)25(12-13-26)16-20-10-8-7-9-11-20/h7-11,14-15,17-19,26H,12-13,16H2,1-6H3. The number of aliphatic hydroxyl groups is 1. The molecule has 1 N–H and O–H groups in total. The second-order valence-corrected chi connectivity index (χ2v) is 10.4. The number of nitrogens with zero attached hydrogens (tertiary/aromatic N) is 1. The molecule has 0 aliphatic rings. The summed E-state index contributed by atoms with van der Waals surface area (Å²) in [5.41, 5.74) is 3.78. The van der Waals surface area contributed by atoms with E-state index in [0.29, 0.717) is 10.8 Å². The van der Waals surface area contributed by atoms with Crippen LogP contribution < -0.4 is 0 Å². The van der Waals surface area contributed by atoms with E-state index in [1.165, 1.54) is 4.31 Å². The molecule has 0 radical (unpaired) electrons. The molecule has 0 unspecified atom stereocenters. The summed E-state index contributed by atoms with van der Waals surface area (Å²) in [4.78, 5) is 0.413. The minimum absolute atomic E-state index is 0.0677. The van der Waals surface area contributed by atoms with E-state index in [2.05, 4.69) is 13.8 Å². The molecular formula is C24H35NO3S. The summed E-state index contributed by atoms with van der Waals surface area (Å²) >= 11 is 0. The molecule has 0 spiro atoms. The fraction of sp³-hybridized carbons (Fsp3) is 0.500. The Bertz CT molecular complexity index is 874. The van der Waals surface area contributed by atoms with Crippen LogP contribution >= 0.6 is 0 Å². The Balaban J connectivity index is 2.69. The molecule has 0 aromatic heterocycles. The average molecular weight is 418 g/mol. The number of sulfonamides is 1. The quantitative estimate of drug-likeness (QED) is 0.607. The summed E-state index contributed by atoms with van der Waals surface area (Å²) in [7, 11) is -3.78. The van der Waals surface area contributed by atoms with Crippen molar-refractivity contribution in [3.8, 4) is 0 Å². The lowest BCUT2D eigenvalue weighted by atomic mass is 9.89. The third-order valence-corrected chi connectivity index (χ3v) is 7.21. The van der Waals surface area contributed by atoms with Crippen LogP contribution in [-0.2, 0) is 16.6 Å². The Hall–Kier alpha value is -1.69. The van der Waals surface area contributed by atoms with Gasteiger partial charge in [0.25, 0.3) is 0 Å². The topological polar surface area (TPSA) is 57.6 Å². The summed E-state index contributed by atoms with van der Waals surface area (Å²) in [5.74, 6) is 0.465. The van der Waals surface area contributed by atoms with Gasteiger partial charge in [-0.05, 0) is 40.0 Å². The van der Waals surface area contributed by atoms with Crippen molar-refractivity contribution in [2.24, 2.45) is 0 Å². The first-order valence-corrected chi connectivity index (χ1v) is 11.9. The Morgan fingerprint density at radius 3 is 1.79 bits per heavy atom. The van der Waals surface area contributed by atoms with E-state index in [4.69, 9.17) is 0 Å². The first-order chi connectivity index (χ1) is 13.6. The Morgan fingerprint density at radius 1 is 0.862 bits per heavy atom. The molecule has 160 valence electrons. The number of rotatable bonds is 9. The molecule has 0 saturated carbocycles. The molecule has 0 aliphatic carbocycles. The molecule has 0 saturated heterocycles. The molecular weight excluding hydrogens is 382 g/mol. The Labute approximate surface area is 176 Å². The van der Waals surface area contributed by atoms with Crippen LogP contribution in [0.4, 0.5) is 0 Å². The smallest absolute Gasteiger partial charge is 0.244 e. The lowest BCUT2D eigenvalue weighted by Crippen LogP contribution is -2.34. The minimum atomic E-state index is -3.78. The van der Waals surface area contributed by atoms with Crippen molar-refractivity contribution in [3.63, 3.8) is 0 Å². The van der Waals surface area contributed by atoms with Crippen molar-refractivity contribution in [2.45, 2.75) is 70.7 Å². The molecule has 0 fully saturated rings. The predicted octanol–water partition coefficient (Wildman–Crippen LogP) is 5.24. The summed E-state index contributed by atoms with van der Waals surface area (Å²) < 4.78 is 29.2. The Morgan fingerprint density at radius 2 is 1.38 bits per heavy atom. The highest BCUT2D eigenvalue weighted by molar-refractivity contribution is 7.89. The molecule has 0 atom stereocenters. The number of aliphatic hydroxyl groups excluding tert-OH is 1. The molecule has 2 rings (SSSR count). The molecule has 5 heteroatoms. The number of hydrogen-bond donors (Lipinski definition) is 1. The van der Waals surface area contributed by atoms with Crippen molar-refractivity contribution in [1.29, 1.82) is 0 Å². The van der Waals surface area contributed by atoms with Crippen LogP contribution in [0.25, 0.3) is 0 Å². The first kappa shape index (κ1) is 23.6. The summed E-state index contributed by atoms with van der Waals surface area (Å²) in [6, 6.07) is 13.6. The highest BCUT2D eigenvalue weighted by Gasteiger charge is 2.32. The van der Waals surface area contributed by atoms with E-state index in [1.807, 2.05) is 70.2 Å².